The molecule has 1 aromatic heterocycles. The Kier molecular flexibility index (Phi) is 3.59. The van der Waals surface area contributed by atoms with Gasteiger partial charge in [0.1, 0.15) is 23.6 Å². The van der Waals surface area contributed by atoms with E-state index in [-0.39, 0.29) is 5.82 Å². The summed E-state index contributed by atoms with van der Waals surface area (Å²) in [5, 5.41) is 31.7. The van der Waals surface area contributed by atoms with Gasteiger partial charge in [-0.25, -0.2) is 4.79 Å². The number of hydrogen-bond donors (Lipinski definition) is 5. The van der Waals surface area contributed by atoms with E-state index in [9.17, 15) is 20.1 Å². The molecular formula is C11H17N3O5. The third kappa shape index (κ3) is 2.47. The summed E-state index contributed by atoms with van der Waals surface area (Å²) in [6, 6.07) is 0. The molecule has 0 radical (unpaired) electrons. The van der Waals surface area contributed by atoms with Crippen molar-refractivity contribution < 1.29 is 20.1 Å². The molecule has 0 spiro atoms. The van der Waals surface area contributed by atoms with E-state index < -0.39 is 36.3 Å². The van der Waals surface area contributed by atoms with E-state index in [2.05, 4.69) is 15.3 Å². The Morgan fingerprint density at radius 3 is 2.84 bits per heavy atom. The summed E-state index contributed by atoms with van der Waals surface area (Å²) in [7, 11) is 0. The van der Waals surface area contributed by atoms with Crippen molar-refractivity contribution in [2.24, 2.45) is 0 Å². The highest BCUT2D eigenvalue weighted by Gasteiger charge is 2.51. The fourth-order valence-electron chi connectivity index (χ4n) is 1.94. The zero-order valence-corrected chi connectivity index (χ0v) is 10.6. The van der Waals surface area contributed by atoms with E-state index in [0.717, 1.165) is 0 Å². The number of anilines is 1. The molecule has 0 saturated carbocycles. The van der Waals surface area contributed by atoms with Crippen molar-refractivity contribution in [2.45, 2.75) is 37.9 Å². The highest BCUT2D eigenvalue weighted by molar-refractivity contribution is 5.42. The molecule has 1 aliphatic rings. The fourth-order valence-corrected chi connectivity index (χ4v) is 1.94. The molecule has 0 unspecified atom stereocenters. The molecule has 0 amide bonds. The van der Waals surface area contributed by atoms with E-state index in [1.54, 1.807) is 6.92 Å². The van der Waals surface area contributed by atoms with E-state index in [1.807, 2.05) is 0 Å². The molecule has 8 heteroatoms. The molecule has 2 rings (SSSR count). The highest BCUT2D eigenvalue weighted by atomic mass is 16.6. The zero-order chi connectivity index (χ0) is 14.2. The first kappa shape index (κ1) is 13.9. The lowest BCUT2D eigenvalue weighted by atomic mass is 9.99. The molecule has 0 bridgehead atoms. The molecule has 1 saturated heterocycles. The zero-order valence-electron chi connectivity index (χ0n) is 10.6. The predicted octanol–water partition coefficient (Wildman–Crippen LogP) is -1.68. The van der Waals surface area contributed by atoms with Crippen LogP contribution < -0.4 is 11.0 Å². The highest BCUT2D eigenvalue weighted by Crippen LogP contribution is 2.31. The van der Waals surface area contributed by atoms with Crippen molar-refractivity contribution in [3.63, 3.8) is 0 Å². The summed E-state index contributed by atoms with van der Waals surface area (Å²) in [4.78, 5) is 17.3. The van der Waals surface area contributed by atoms with Crippen LogP contribution >= 0.6 is 0 Å². The number of nitrogens with one attached hydrogen (secondary N) is 2. The average Bonchev–Trinajstić information content (AvgIpc) is 2.59. The number of aromatic nitrogens is 2. The Balaban J connectivity index is 2.20. The van der Waals surface area contributed by atoms with Gasteiger partial charge in [-0.2, -0.15) is 4.98 Å². The van der Waals surface area contributed by atoms with Gasteiger partial charge in [0, 0.05) is 11.8 Å². The summed E-state index contributed by atoms with van der Waals surface area (Å²) < 4.78 is 5.41. The van der Waals surface area contributed by atoms with Crippen LogP contribution in [0.2, 0.25) is 0 Å². The standard InChI is InChI=1S/C11H17N3O5/c1-5-3-12-10(18)14-8(5)13-9-6(16)7(17)11(2,4-15)19-9/h3,6-7,9,15-17H,4H2,1-2H3,(H2,12,13,14,18)/t6-,7+,9-,11-/m1/s1. The molecule has 0 aliphatic carbocycles. The minimum absolute atomic E-state index is 0.252. The molecule has 0 aromatic carbocycles. The molecule has 4 atom stereocenters. The molecular weight excluding hydrogens is 254 g/mol. The topological polar surface area (TPSA) is 128 Å². The maximum Gasteiger partial charge on any atom is 0.346 e. The summed E-state index contributed by atoms with van der Waals surface area (Å²) in [6.45, 7) is 2.76. The van der Waals surface area contributed by atoms with Crippen molar-refractivity contribution in [2.75, 3.05) is 11.9 Å². The summed E-state index contributed by atoms with van der Waals surface area (Å²) in [5.74, 6) is 0.252. The van der Waals surface area contributed by atoms with Crippen molar-refractivity contribution in [3.05, 3.63) is 22.2 Å². The molecule has 19 heavy (non-hydrogen) atoms. The quantitative estimate of drug-likeness (QED) is 0.444. The number of H-pyrrole nitrogens is 1. The first-order chi connectivity index (χ1) is 8.87. The van der Waals surface area contributed by atoms with Crippen LogP contribution in [0.15, 0.2) is 11.0 Å². The number of nitrogens with zero attached hydrogens (tertiary/aromatic N) is 1. The maximum absolute atomic E-state index is 11.1. The van der Waals surface area contributed by atoms with Crippen LogP contribution in [0.3, 0.4) is 0 Å². The predicted molar refractivity (Wildman–Crippen MR) is 65.6 cm³/mol. The lowest BCUT2D eigenvalue weighted by Crippen LogP contribution is -2.43. The Morgan fingerprint density at radius 1 is 1.58 bits per heavy atom. The van der Waals surface area contributed by atoms with E-state index in [0.29, 0.717) is 5.56 Å². The van der Waals surface area contributed by atoms with Gasteiger partial charge in [0.2, 0.25) is 0 Å². The second-order valence-corrected chi connectivity index (χ2v) is 4.83. The first-order valence-corrected chi connectivity index (χ1v) is 5.85. The minimum Gasteiger partial charge on any atom is -0.393 e. The maximum atomic E-state index is 11.1. The van der Waals surface area contributed by atoms with Crippen molar-refractivity contribution >= 4 is 5.82 Å². The Labute approximate surface area is 109 Å². The van der Waals surface area contributed by atoms with Crippen LogP contribution in [-0.4, -0.2) is 55.9 Å². The number of aliphatic hydroxyl groups is 3. The van der Waals surface area contributed by atoms with Crippen LogP contribution in [0.5, 0.6) is 0 Å². The molecule has 106 valence electrons. The third-order valence-corrected chi connectivity index (χ3v) is 3.25. The Bertz CT molecular complexity index is 519. The number of aliphatic hydroxyl groups excluding tert-OH is 3. The van der Waals surface area contributed by atoms with Gasteiger partial charge in [0.05, 0.1) is 6.61 Å². The van der Waals surface area contributed by atoms with Gasteiger partial charge in [0.15, 0.2) is 6.23 Å². The molecule has 2 heterocycles. The normalized spacial score (nSPS) is 34.5. The lowest BCUT2D eigenvalue weighted by molar-refractivity contribution is -0.0936. The van der Waals surface area contributed by atoms with Crippen molar-refractivity contribution in [1.29, 1.82) is 0 Å². The largest absolute Gasteiger partial charge is 0.393 e. The fraction of sp³-hybridized carbons (Fsp3) is 0.636. The molecule has 1 aromatic rings. The molecule has 5 N–H and O–H groups in total. The van der Waals surface area contributed by atoms with Gasteiger partial charge in [-0.1, -0.05) is 0 Å². The Morgan fingerprint density at radius 2 is 2.26 bits per heavy atom. The summed E-state index contributed by atoms with van der Waals surface area (Å²) >= 11 is 0. The summed E-state index contributed by atoms with van der Waals surface area (Å²) in [6.07, 6.45) is -1.96. The average molecular weight is 271 g/mol. The van der Waals surface area contributed by atoms with Gasteiger partial charge in [-0.15, -0.1) is 0 Å². The molecule has 1 fully saturated rings. The smallest absolute Gasteiger partial charge is 0.346 e. The van der Waals surface area contributed by atoms with Crippen LogP contribution in [0.1, 0.15) is 12.5 Å². The molecule has 1 aliphatic heterocycles. The van der Waals surface area contributed by atoms with Crippen LogP contribution in [0.4, 0.5) is 5.82 Å². The Hall–Kier alpha value is -1.48. The van der Waals surface area contributed by atoms with Crippen molar-refractivity contribution in [1.82, 2.24) is 9.97 Å². The van der Waals surface area contributed by atoms with Gasteiger partial charge in [-0.3, -0.25) is 0 Å². The SMILES string of the molecule is Cc1c[nH]c(=O)nc1N[C@@H]1O[C@](C)(CO)[C@@H](O)[C@H]1O. The van der Waals surface area contributed by atoms with Crippen LogP contribution in [0, 0.1) is 6.92 Å². The number of rotatable bonds is 3. The van der Waals surface area contributed by atoms with Crippen molar-refractivity contribution in [3.8, 4) is 0 Å². The van der Waals surface area contributed by atoms with Gasteiger partial charge in [0.25, 0.3) is 0 Å². The summed E-state index contributed by atoms with van der Waals surface area (Å²) in [5.41, 5.74) is -1.14. The van der Waals surface area contributed by atoms with E-state index in [1.165, 1.54) is 13.1 Å². The lowest BCUT2D eigenvalue weighted by Gasteiger charge is -2.24. The number of hydrogen-bond acceptors (Lipinski definition) is 7. The van der Waals surface area contributed by atoms with E-state index >= 15 is 0 Å². The second-order valence-electron chi connectivity index (χ2n) is 4.83. The van der Waals surface area contributed by atoms with E-state index in [4.69, 9.17) is 4.74 Å². The van der Waals surface area contributed by atoms with Gasteiger partial charge >= 0.3 is 5.69 Å². The van der Waals surface area contributed by atoms with Gasteiger partial charge < -0.3 is 30.4 Å². The molecule has 8 nitrogen and oxygen atoms in total. The van der Waals surface area contributed by atoms with Gasteiger partial charge in [-0.05, 0) is 13.8 Å². The number of aromatic amines is 1. The third-order valence-electron chi connectivity index (χ3n) is 3.25. The monoisotopic (exact) mass is 271 g/mol. The van der Waals surface area contributed by atoms with Crippen LogP contribution in [-0.2, 0) is 4.74 Å². The number of aryl methyl sites for hydroxylation is 1. The second kappa shape index (κ2) is 4.89. The minimum atomic E-state index is -1.26. The first-order valence-electron chi connectivity index (χ1n) is 5.85. The van der Waals surface area contributed by atoms with Crippen LogP contribution in [0.25, 0.3) is 0 Å². The number of ether oxygens (including phenoxy) is 1.